The van der Waals surface area contributed by atoms with Crippen LogP contribution in [0.2, 0.25) is 0 Å². The van der Waals surface area contributed by atoms with Crippen LogP contribution in [0.5, 0.6) is 0 Å². The van der Waals surface area contributed by atoms with Crippen LogP contribution in [0.1, 0.15) is 48.2 Å². The van der Waals surface area contributed by atoms with Crippen LogP contribution in [-0.4, -0.2) is 51.1 Å². The maximum absolute atomic E-state index is 12.5. The number of quaternary nitrogens is 2. The summed E-state index contributed by atoms with van der Waals surface area (Å²) in [6, 6.07) is 16.1. The van der Waals surface area contributed by atoms with Gasteiger partial charge in [-0.2, -0.15) is 0 Å². The summed E-state index contributed by atoms with van der Waals surface area (Å²) in [4.78, 5) is 27.4. The molecule has 0 aliphatic carbocycles. The van der Waals surface area contributed by atoms with Crippen molar-refractivity contribution >= 4 is 17.5 Å². The molecule has 6 heteroatoms. The zero-order valence-corrected chi connectivity index (χ0v) is 19.0. The molecule has 0 atom stereocenters. The van der Waals surface area contributed by atoms with Gasteiger partial charge in [0.25, 0.3) is 11.8 Å². The molecule has 1 heterocycles. The monoisotopic (exact) mass is 424 g/mol. The van der Waals surface area contributed by atoms with Crippen molar-refractivity contribution in [1.82, 2.24) is 5.32 Å². The molecular formula is C25H36N4O2+2. The van der Waals surface area contributed by atoms with Crippen molar-refractivity contribution in [3.8, 4) is 0 Å². The van der Waals surface area contributed by atoms with Crippen LogP contribution in [0.25, 0.3) is 0 Å². The molecule has 166 valence electrons. The molecule has 2 aromatic carbocycles. The number of piperazine rings is 1. The van der Waals surface area contributed by atoms with Crippen molar-refractivity contribution in [2.45, 2.75) is 33.2 Å². The van der Waals surface area contributed by atoms with Gasteiger partial charge < -0.3 is 20.4 Å². The molecule has 2 aromatic rings. The summed E-state index contributed by atoms with van der Waals surface area (Å²) in [5, 5.41) is 5.72. The lowest BCUT2D eigenvalue weighted by molar-refractivity contribution is -1.02. The normalized spacial score (nSPS) is 18.6. The molecule has 2 amide bonds. The highest BCUT2D eigenvalue weighted by atomic mass is 16.2. The maximum atomic E-state index is 12.5. The molecule has 0 bridgehead atoms. The first-order valence-electron chi connectivity index (χ1n) is 11.4. The van der Waals surface area contributed by atoms with E-state index < -0.39 is 0 Å². The minimum absolute atomic E-state index is 0.00391. The number of hydrogen-bond donors (Lipinski definition) is 4. The summed E-state index contributed by atoms with van der Waals surface area (Å²) in [6.07, 6.45) is 0. The van der Waals surface area contributed by atoms with Crippen LogP contribution in [0, 0.1) is 0 Å². The number of benzene rings is 2. The highest BCUT2D eigenvalue weighted by molar-refractivity contribution is 5.97. The van der Waals surface area contributed by atoms with Gasteiger partial charge in [0.1, 0.15) is 32.7 Å². The molecule has 1 fully saturated rings. The fourth-order valence-corrected chi connectivity index (χ4v) is 4.05. The number of amides is 2. The molecule has 3 rings (SSSR count). The minimum atomic E-state index is -0.123. The molecule has 1 saturated heterocycles. The van der Waals surface area contributed by atoms with Crippen molar-refractivity contribution in [1.29, 1.82) is 0 Å². The number of nitrogens with one attached hydrogen (secondary N) is 4. The number of hydrogen-bond acceptors (Lipinski definition) is 2. The van der Waals surface area contributed by atoms with Crippen molar-refractivity contribution in [2.75, 3.05) is 44.6 Å². The highest BCUT2D eigenvalue weighted by Gasteiger charge is 2.25. The summed E-state index contributed by atoms with van der Waals surface area (Å²) in [5.74, 6) is 0.439. The molecule has 0 radical (unpaired) electrons. The summed E-state index contributed by atoms with van der Waals surface area (Å²) >= 11 is 0. The highest BCUT2D eigenvalue weighted by Crippen LogP contribution is 2.14. The lowest BCUT2D eigenvalue weighted by Crippen LogP contribution is -3.28. The average Bonchev–Trinajstić information content (AvgIpc) is 2.76. The van der Waals surface area contributed by atoms with E-state index in [4.69, 9.17) is 0 Å². The summed E-state index contributed by atoms with van der Waals surface area (Å²) < 4.78 is 0. The standard InChI is InChI=1S/C25H34N4O2/c1-4-26-25(31)22-6-5-7-23(16-22)27-24(30)18-29-14-12-28(13-15-29)17-20-8-10-21(11-9-20)19(2)3/h5-11,16,19H,4,12-15,17-18H2,1-3H3,(H,26,31)(H,27,30)/p+2. The first-order chi connectivity index (χ1) is 14.9. The van der Waals surface area contributed by atoms with E-state index in [1.54, 1.807) is 23.1 Å². The van der Waals surface area contributed by atoms with Crippen LogP contribution in [0.15, 0.2) is 48.5 Å². The quantitative estimate of drug-likeness (QED) is 0.498. The van der Waals surface area contributed by atoms with Gasteiger partial charge in [0.2, 0.25) is 0 Å². The van der Waals surface area contributed by atoms with Gasteiger partial charge in [-0.1, -0.05) is 44.2 Å². The second-order valence-electron chi connectivity index (χ2n) is 8.74. The Morgan fingerprint density at radius 1 is 0.968 bits per heavy atom. The third-order valence-corrected chi connectivity index (χ3v) is 5.92. The van der Waals surface area contributed by atoms with E-state index in [1.807, 2.05) is 13.0 Å². The van der Waals surface area contributed by atoms with Gasteiger partial charge in [-0.25, -0.2) is 0 Å². The smallest absolute Gasteiger partial charge is 0.279 e. The Morgan fingerprint density at radius 3 is 2.29 bits per heavy atom. The van der Waals surface area contributed by atoms with Crippen LogP contribution in [0.4, 0.5) is 5.69 Å². The minimum Gasteiger partial charge on any atom is -0.352 e. The number of anilines is 1. The van der Waals surface area contributed by atoms with Gasteiger partial charge in [0, 0.05) is 23.4 Å². The zero-order chi connectivity index (χ0) is 22.2. The number of carbonyl (C=O) groups excluding carboxylic acids is 2. The predicted molar refractivity (Wildman–Crippen MR) is 124 cm³/mol. The molecule has 1 aliphatic rings. The van der Waals surface area contributed by atoms with Gasteiger partial charge in [-0.15, -0.1) is 0 Å². The molecule has 0 saturated carbocycles. The Hall–Kier alpha value is -2.70. The molecule has 4 N–H and O–H groups in total. The lowest BCUT2D eigenvalue weighted by atomic mass is 10.0. The third-order valence-electron chi connectivity index (χ3n) is 5.92. The number of rotatable bonds is 8. The first-order valence-corrected chi connectivity index (χ1v) is 11.4. The first kappa shape index (κ1) is 23.0. The topological polar surface area (TPSA) is 67.1 Å². The summed E-state index contributed by atoms with van der Waals surface area (Å²) in [6.45, 7) is 12.5. The molecule has 1 aliphatic heterocycles. The molecule has 31 heavy (non-hydrogen) atoms. The molecule has 0 spiro atoms. The van der Waals surface area contributed by atoms with Crippen LogP contribution in [-0.2, 0) is 11.3 Å². The Labute approximate surface area is 185 Å². The van der Waals surface area contributed by atoms with Gasteiger partial charge >= 0.3 is 0 Å². The van der Waals surface area contributed by atoms with E-state index in [0.29, 0.717) is 30.3 Å². The second-order valence-corrected chi connectivity index (χ2v) is 8.74. The van der Waals surface area contributed by atoms with Crippen molar-refractivity contribution in [3.63, 3.8) is 0 Å². The Balaban J connectivity index is 1.44. The zero-order valence-electron chi connectivity index (χ0n) is 19.0. The molecule has 0 unspecified atom stereocenters. The fraction of sp³-hybridized carbons (Fsp3) is 0.440. The Bertz CT molecular complexity index is 871. The molecule has 6 nitrogen and oxygen atoms in total. The van der Waals surface area contributed by atoms with Crippen molar-refractivity contribution in [2.24, 2.45) is 0 Å². The fourth-order valence-electron chi connectivity index (χ4n) is 4.05. The van der Waals surface area contributed by atoms with Crippen molar-refractivity contribution in [3.05, 3.63) is 65.2 Å². The van der Waals surface area contributed by atoms with E-state index >= 15 is 0 Å². The SMILES string of the molecule is CCNC(=O)c1cccc(NC(=O)C[NH+]2CC[NH+](Cc3ccc(C(C)C)cc3)CC2)c1. The lowest BCUT2D eigenvalue weighted by Gasteiger charge is -2.29. The molecule has 0 aromatic heterocycles. The van der Waals surface area contributed by atoms with E-state index in [-0.39, 0.29) is 11.8 Å². The summed E-state index contributed by atoms with van der Waals surface area (Å²) in [5.41, 5.74) is 4.00. The van der Waals surface area contributed by atoms with Gasteiger partial charge in [-0.3, -0.25) is 9.59 Å². The summed E-state index contributed by atoms with van der Waals surface area (Å²) in [7, 11) is 0. The second kappa shape index (κ2) is 11.1. The van der Waals surface area contributed by atoms with Crippen LogP contribution < -0.4 is 20.4 Å². The van der Waals surface area contributed by atoms with E-state index in [2.05, 4.69) is 48.7 Å². The third kappa shape index (κ3) is 6.91. The number of carbonyl (C=O) groups is 2. The van der Waals surface area contributed by atoms with E-state index in [1.165, 1.54) is 16.0 Å². The van der Waals surface area contributed by atoms with Gasteiger partial charge in [0.05, 0.1) is 0 Å². The molecular weight excluding hydrogens is 388 g/mol. The van der Waals surface area contributed by atoms with Crippen LogP contribution >= 0.6 is 0 Å². The Morgan fingerprint density at radius 2 is 1.65 bits per heavy atom. The van der Waals surface area contributed by atoms with E-state index in [9.17, 15) is 9.59 Å². The van der Waals surface area contributed by atoms with Crippen molar-refractivity contribution < 1.29 is 19.4 Å². The maximum Gasteiger partial charge on any atom is 0.279 e. The van der Waals surface area contributed by atoms with E-state index in [0.717, 1.165) is 32.7 Å². The largest absolute Gasteiger partial charge is 0.352 e. The predicted octanol–water partition coefficient (Wildman–Crippen LogP) is 0.482. The Kier molecular flexibility index (Phi) is 8.20. The van der Waals surface area contributed by atoms with Crippen LogP contribution in [0.3, 0.4) is 0 Å². The average molecular weight is 425 g/mol. The van der Waals surface area contributed by atoms with Gasteiger partial charge in [0.15, 0.2) is 6.54 Å². The van der Waals surface area contributed by atoms with Gasteiger partial charge in [-0.05, 0) is 36.6 Å².